The molecule has 7 heteroatoms. The van der Waals surface area contributed by atoms with Crippen molar-refractivity contribution in [2.75, 3.05) is 24.4 Å². The number of carbonyl (C=O) groups excluding carboxylic acids is 3. The van der Waals surface area contributed by atoms with Gasteiger partial charge in [-0.3, -0.25) is 14.4 Å². The second-order valence-corrected chi connectivity index (χ2v) is 6.30. The van der Waals surface area contributed by atoms with Crippen molar-refractivity contribution in [1.29, 1.82) is 0 Å². The minimum absolute atomic E-state index is 0.0216. The molecule has 0 aliphatic heterocycles. The van der Waals surface area contributed by atoms with E-state index in [1.807, 2.05) is 32.0 Å². The molecule has 148 valence electrons. The van der Waals surface area contributed by atoms with Crippen LogP contribution in [0.25, 0.3) is 0 Å². The molecule has 2 aromatic rings. The molecule has 2 rings (SSSR count). The van der Waals surface area contributed by atoms with Gasteiger partial charge in [-0.15, -0.1) is 0 Å². The Hall–Kier alpha value is -3.35. The van der Waals surface area contributed by atoms with Crippen LogP contribution in [0, 0.1) is 13.8 Å². The second kappa shape index (κ2) is 10.1. The number of aryl methyl sites for hydroxylation is 2. The Morgan fingerprint density at radius 3 is 2.25 bits per heavy atom. The number of hydrogen-bond donors (Lipinski definition) is 2. The van der Waals surface area contributed by atoms with Gasteiger partial charge in [0.1, 0.15) is 5.75 Å². The van der Waals surface area contributed by atoms with Crippen molar-refractivity contribution < 1.29 is 23.9 Å². The quantitative estimate of drug-likeness (QED) is 0.682. The summed E-state index contributed by atoms with van der Waals surface area (Å²) < 4.78 is 9.94. The summed E-state index contributed by atoms with van der Waals surface area (Å²) >= 11 is 0. The molecule has 0 heterocycles. The second-order valence-electron chi connectivity index (χ2n) is 6.30. The molecule has 2 aromatic carbocycles. The number of methoxy groups -OCH3 is 1. The number of hydrogen-bond acceptors (Lipinski definition) is 5. The van der Waals surface area contributed by atoms with Gasteiger partial charge in [0.25, 0.3) is 5.91 Å². The molecule has 0 aliphatic carbocycles. The fourth-order valence-electron chi connectivity index (χ4n) is 2.47. The molecule has 0 saturated heterocycles. The van der Waals surface area contributed by atoms with Crippen molar-refractivity contribution in [3.8, 4) is 5.75 Å². The standard InChI is InChI=1S/C21H24N2O5/c1-14-4-9-18(15(2)12-14)23-19(24)10-11-21(26)28-13-20(25)22-16-5-7-17(27-3)8-6-16/h4-9,12H,10-11,13H2,1-3H3,(H,22,25)(H,23,24). The molecule has 7 nitrogen and oxygen atoms in total. The van der Waals surface area contributed by atoms with Gasteiger partial charge in [0, 0.05) is 17.8 Å². The van der Waals surface area contributed by atoms with E-state index in [2.05, 4.69) is 10.6 Å². The molecule has 0 saturated carbocycles. The van der Waals surface area contributed by atoms with Crippen molar-refractivity contribution in [3.05, 3.63) is 53.6 Å². The molecule has 0 bridgehead atoms. The number of nitrogens with one attached hydrogen (secondary N) is 2. The highest BCUT2D eigenvalue weighted by Crippen LogP contribution is 2.17. The van der Waals surface area contributed by atoms with Gasteiger partial charge in [0.05, 0.1) is 13.5 Å². The van der Waals surface area contributed by atoms with Crippen LogP contribution in [0.4, 0.5) is 11.4 Å². The number of rotatable bonds is 8. The molecule has 0 aliphatic rings. The first-order valence-corrected chi connectivity index (χ1v) is 8.84. The van der Waals surface area contributed by atoms with Crippen LogP contribution in [0.5, 0.6) is 5.75 Å². The number of esters is 1. The Kier molecular flexibility index (Phi) is 7.56. The molecular weight excluding hydrogens is 360 g/mol. The molecule has 2 amide bonds. The maximum Gasteiger partial charge on any atom is 0.306 e. The summed E-state index contributed by atoms with van der Waals surface area (Å²) in [7, 11) is 1.55. The number of benzene rings is 2. The lowest BCUT2D eigenvalue weighted by atomic mass is 10.1. The fourth-order valence-corrected chi connectivity index (χ4v) is 2.47. The maximum absolute atomic E-state index is 12.0. The summed E-state index contributed by atoms with van der Waals surface area (Å²) in [5.41, 5.74) is 3.33. The molecular formula is C21H24N2O5. The van der Waals surface area contributed by atoms with Crippen LogP contribution in [-0.4, -0.2) is 31.5 Å². The van der Waals surface area contributed by atoms with Gasteiger partial charge < -0.3 is 20.1 Å². The van der Waals surface area contributed by atoms with E-state index in [9.17, 15) is 14.4 Å². The highest BCUT2D eigenvalue weighted by Gasteiger charge is 2.11. The van der Waals surface area contributed by atoms with Gasteiger partial charge in [-0.1, -0.05) is 17.7 Å². The van der Waals surface area contributed by atoms with Gasteiger partial charge in [-0.05, 0) is 49.7 Å². The largest absolute Gasteiger partial charge is 0.497 e. The topological polar surface area (TPSA) is 93.7 Å². The lowest BCUT2D eigenvalue weighted by Crippen LogP contribution is -2.21. The summed E-state index contributed by atoms with van der Waals surface area (Å²) in [6.45, 7) is 3.46. The van der Waals surface area contributed by atoms with E-state index in [1.54, 1.807) is 31.4 Å². The number of amides is 2. The summed E-state index contributed by atoms with van der Waals surface area (Å²) in [6.07, 6.45) is -0.126. The number of anilines is 2. The van der Waals surface area contributed by atoms with E-state index < -0.39 is 18.5 Å². The molecule has 0 atom stereocenters. The van der Waals surface area contributed by atoms with Crippen LogP contribution in [0.15, 0.2) is 42.5 Å². The third-order valence-electron chi connectivity index (χ3n) is 3.95. The highest BCUT2D eigenvalue weighted by molar-refractivity contribution is 5.94. The van der Waals surface area contributed by atoms with Gasteiger partial charge in [0.2, 0.25) is 5.91 Å². The maximum atomic E-state index is 12.0. The predicted molar refractivity (Wildman–Crippen MR) is 106 cm³/mol. The van der Waals surface area contributed by atoms with Crippen molar-refractivity contribution in [2.45, 2.75) is 26.7 Å². The zero-order valence-electron chi connectivity index (χ0n) is 16.2. The van der Waals surface area contributed by atoms with E-state index in [0.717, 1.165) is 11.1 Å². The Bertz CT molecular complexity index is 846. The summed E-state index contributed by atoms with van der Waals surface area (Å²) in [4.78, 5) is 35.5. The van der Waals surface area contributed by atoms with E-state index >= 15 is 0 Å². The summed E-state index contributed by atoms with van der Waals surface area (Å²) in [6, 6.07) is 12.5. The van der Waals surface area contributed by atoms with E-state index in [4.69, 9.17) is 9.47 Å². The molecule has 0 unspecified atom stereocenters. The molecule has 0 spiro atoms. The zero-order valence-corrected chi connectivity index (χ0v) is 16.2. The van der Waals surface area contributed by atoms with Gasteiger partial charge >= 0.3 is 5.97 Å². The van der Waals surface area contributed by atoms with Gasteiger partial charge in [-0.2, -0.15) is 0 Å². The SMILES string of the molecule is COc1ccc(NC(=O)COC(=O)CCC(=O)Nc2ccc(C)cc2C)cc1. The van der Waals surface area contributed by atoms with Crippen LogP contribution in [-0.2, 0) is 19.1 Å². The molecule has 0 aromatic heterocycles. The lowest BCUT2D eigenvalue weighted by molar-refractivity contribution is -0.147. The zero-order chi connectivity index (χ0) is 20.5. The van der Waals surface area contributed by atoms with Crippen molar-refractivity contribution in [2.24, 2.45) is 0 Å². The van der Waals surface area contributed by atoms with Gasteiger partial charge in [-0.25, -0.2) is 0 Å². The minimum atomic E-state index is -0.611. The van der Waals surface area contributed by atoms with E-state index in [1.165, 1.54) is 0 Å². The smallest absolute Gasteiger partial charge is 0.306 e. The Morgan fingerprint density at radius 1 is 0.893 bits per heavy atom. The summed E-state index contributed by atoms with van der Waals surface area (Å²) in [5.74, 6) is -0.686. The van der Waals surface area contributed by atoms with Crippen molar-refractivity contribution in [1.82, 2.24) is 0 Å². The average molecular weight is 384 g/mol. The summed E-state index contributed by atoms with van der Waals surface area (Å²) in [5, 5.41) is 5.37. The molecule has 28 heavy (non-hydrogen) atoms. The first-order chi connectivity index (χ1) is 13.4. The minimum Gasteiger partial charge on any atom is -0.497 e. The van der Waals surface area contributed by atoms with Crippen LogP contribution >= 0.6 is 0 Å². The van der Waals surface area contributed by atoms with Crippen LogP contribution < -0.4 is 15.4 Å². The first kappa shape index (κ1) is 21.0. The third-order valence-corrected chi connectivity index (χ3v) is 3.95. The Labute approximate surface area is 164 Å². The van der Waals surface area contributed by atoms with Gasteiger partial charge in [0.15, 0.2) is 6.61 Å². The molecule has 0 fully saturated rings. The van der Waals surface area contributed by atoms with Crippen LogP contribution in [0.1, 0.15) is 24.0 Å². The fraction of sp³-hybridized carbons (Fsp3) is 0.286. The lowest BCUT2D eigenvalue weighted by Gasteiger charge is -2.09. The Morgan fingerprint density at radius 2 is 1.61 bits per heavy atom. The first-order valence-electron chi connectivity index (χ1n) is 8.84. The average Bonchev–Trinajstić information content (AvgIpc) is 2.67. The van der Waals surface area contributed by atoms with E-state index in [-0.39, 0.29) is 18.7 Å². The van der Waals surface area contributed by atoms with Crippen molar-refractivity contribution >= 4 is 29.2 Å². The normalized spacial score (nSPS) is 10.1. The molecule has 2 N–H and O–H groups in total. The highest BCUT2D eigenvalue weighted by atomic mass is 16.5. The number of carbonyl (C=O) groups is 3. The number of ether oxygens (including phenoxy) is 2. The predicted octanol–water partition coefficient (Wildman–Crippen LogP) is 3.21. The Balaban J connectivity index is 1.69. The van der Waals surface area contributed by atoms with Crippen molar-refractivity contribution in [3.63, 3.8) is 0 Å². The monoisotopic (exact) mass is 384 g/mol. The third kappa shape index (κ3) is 6.75. The van der Waals surface area contributed by atoms with E-state index in [0.29, 0.717) is 17.1 Å². The molecule has 0 radical (unpaired) electrons. The van der Waals surface area contributed by atoms with Crippen LogP contribution in [0.3, 0.4) is 0 Å². The van der Waals surface area contributed by atoms with Crippen LogP contribution in [0.2, 0.25) is 0 Å².